The predicted molar refractivity (Wildman–Crippen MR) is 105 cm³/mol. The van der Waals surface area contributed by atoms with E-state index in [1.807, 2.05) is 19.9 Å². The second kappa shape index (κ2) is 10.4. The van der Waals surface area contributed by atoms with Gasteiger partial charge in [0.05, 0.1) is 6.26 Å². The first-order chi connectivity index (χ1) is 13.0. The van der Waals surface area contributed by atoms with Crippen molar-refractivity contribution in [3.05, 3.63) is 58.8 Å². The number of guanidine groups is 1. The zero-order valence-corrected chi connectivity index (χ0v) is 16.1. The maximum absolute atomic E-state index is 13.1. The topological polar surface area (TPSA) is 78.7 Å². The van der Waals surface area contributed by atoms with E-state index in [2.05, 4.69) is 20.9 Å². The summed E-state index contributed by atoms with van der Waals surface area (Å²) in [6, 6.07) is 6.60. The van der Waals surface area contributed by atoms with E-state index in [0.29, 0.717) is 31.4 Å². The molecular formula is C20H27FN4O2. The van der Waals surface area contributed by atoms with Gasteiger partial charge in [0, 0.05) is 32.2 Å². The molecule has 0 aliphatic carbocycles. The lowest BCUT2D eigenvalue weighted by Gasteiger charge is -2.13. The van der Waals surface area contributed by atoms with Crippen LogP contribution in [0.1, 0.15) is 33.7 Å². The highest BCUT2D eigenvalue weighted by atomic mass is 19.1. The number of hydrogen-bond donors (Lipinski definition) is 3. The number of amides is 1. The lowest BCUT2D eigenvalue weighted by Crippen LogP contribution is -2.39. The molecule has 6 nitrogen and oxygen atoms in total. The number of aliphatic imine (C=N–C) groups is 1. The highest BCUT2D eigenvalue weighted by Crippen LogP contribution is 2.10. The highest BCUT2D eigenvalue weighted by Gasteiger charge is 2.11. The van der Waals surface area contributed by atoms with Gasteiger partial charge in [-0.25, -0.2) is 4.39 Å². The highest BCUT2D eigenvalue weighted by molar-refractivity contribution is 5.92. The van der Waals surface area contributed by atoms with Gasteiger partial charge in [0.15, 0.2) is 11.7 Å². The van der Waals surface area contributed by atoms with Gasteiger partial charge in [-0.3, -0.25) is 9.79 Å². The summed E-state index contributed by atoms with van der Waals surface area (Å²) in [7, 11) is 1.71. The molecule has 0 radical (unpaired) electrons. The fourth-order valence-corrected chi connectivity index (χ4v) is 2.66. The minimum atomic E-state index is -0.212. The molecule has 0 saturated carbocycles. The van der Waals surface area contributed by atoms with Crippen molar-refractivity contribution in [3.63, 3.8) is 0 Å². The number of rotatable bonds is 8. The molecule has 1 aromatic heterocycles. The van der Waals surface area contributed by atoms with Crippen molar-refractivity contribution in [1.29, 1.82) is 0 Å². The molecule has 0 atom stereocenters. The summed E-state index contributed by atoms with van der Waals surface area (Å²) >= 11 is 0. The largest absolute Gasteiger partial charge is 0.459 e. The lowest BCUT2D eigenvalue weighted by molar-refractivity contribution is 0.0925. The monoisotopic (exact) mass is 374 g/mol. The summed E-state index contributed by atoms with van der Waals surface area (Å²) in [5, 5.41) is 9.26. The molecule has 2 rings (SSSR count). The SMILES string of the molecule is CN=C(NCCCNC(=O)c1occc1C)NCCc1ccc(F)cc1C. The van der Waals surface area contributed by atoms with Gasteiger partial charge in [0.1, 0.15) is 5.82 Å². The van der Waals surface area contributed by atoms with Gasteiger partial charge in [0.25, 0.3) is 5.91 Å². The van der Waals surface area contributed by atoms with E-state index in [1.54, 1.807) is 19.2 Å². The van der Waals surface area contributed by atoms with Crippen LogP contribution in [0.25, 0.3) is 0 Å². The molecule has 0 saturated heterocycles. The Kier molecular flexibility index (Phi) is 7.85. The second-order valence-corrected chi connectivity index (χ2v) is 6.29. The van der Waals surface area contributed by atoms with Gasteiger partial charge in [-0.2, -0.15) is 0 Å². The van der Waals surface area contributed by atoms with Crippen LogP contribution in [0.4, 0.5) is 4.39 Å². The van der Waals surface area contributed by atoms with Crippen LogP contribution in [-0.2, 0) is 6.42 Å². The van der Waals surface area contributed by atoms with Crippen LogP contribution in [0.3, 0.4) is 0 Å². The molecule has 1 amide bonds. The zero-order chi connectivity index (χ0) is 19.6. The lowest BCUT2D eigenvalue weighted by atomic mass is 10.1. The number of furan rings is 1. The van der Waals surface area contributed by atoms with Gasteiger partial charge in [-0.1, -0.05) is 6.07 Å². The number of benzene rings is 1. The van der Waals surface area contributed by atoms with Gasteiger partial charge in [0.2, 0.25) is 0 Å². The van der Waals surface area contributed by atoms with Crippen LogP contribution in [0.2, 0.25) is 0 Å². The van der Waals surface area contributed by atoms with E-state index in [9.17, 15) is 9.18 Å². The van der Waals surface area contributed by atoms with Gasteiger partial charge in [-0.15, -0.1) is 0 Å². The molecule has 27 heavy (non-hydrogen) atoms. The Bertz CT molecular complexity index is 786. The number of hydrogen-bond acceptors (Lipinski definition) is 3. The predicted octanol–water partition coefficient (Wildman–Crippen LogP) is 2.56. The van der Waals surface area contributed by atoms with E-state index in [4.69, 9.17) is 4.42 Å². The van der Waals surface area contributed by atoms with E-state index in [0.717, 1.165) is 29.5 Å². The molecule has 7 heteroatoms. The third kappa shape index (κ3) is 6.44. The smallest absolute Gasteiger partial charge is 0.287 e. The number of aryl methyl sites for hydroxylation is 2. The standard InChI is InChI=1S/C20H27FN4O2/c1-14-8-12-27-18(14)19(26)23-9-4-10-24-20(22-3)25-11-7-16-5-6-17(21)13-15(16)2/h5-6,8,12-13H,4,7,9-11H2,1-3H3,(H,23,26)(H2,22,24,25). The summed E-state index contributed by atoms with van der Waals surface area (Å²) in [6.45, 7) is 5.65. The maximum atomic E-state index is 13.1. The molecule has 1 heterocycles. The normalized spacial score (nSPS) is 11.3. The molecular weight excluding hydrogens is 347 g/mol. The number of carbonyl (C=O) groups is 1. The number of halogens is 1. The van der Waals surface area contributed by atoms with Gasteiger partial charge in [-0.05, 0) is 56.0 Å². The molecule has 0 aliphatic rings. The van der Waals surface area contributed by atoms with Crippen LogP contribution >= 0.6 is 0 Å². The molecule has 1 aromatic carbocycles. The first-order valence-electron chi connectivity index (χ1n) is 9.03. The number of nitrogens with zero attached hydrogens (tertiary/aromatic N) is 1. The first-order valence-corrected chi connectivity index (χ1v) is 9.03. The quantitative estimate of drug-likeness (QED) is 0.377. The van der Waals surface area contributed by atoms with Crippen molar-refractivity contribution in [2.24, 2.45) is 4.99 Å². The first kappa shape index (κ1) is 20.5. The average molecular weight is 374 g/mol. The Labute approximate surface area is 159 Å². The van der Waals surface area contributed by atoms with E-state index < -0.39 is 0 Å². The number of nitrogens with one attached hydrogen (secondary N) is 3. The summed E-state index contributed by atoms with van der Waals surface area (Å²) in [6.07, 6.45) is 3.05. The molecule has 0 bridgehead atoms. The van der Waals surface area contributed by atoms with Crippen LogP contribution < -0.4 is 16.0 Å². The minimum absolute atomic E-state index is 0.199. The molecule has 0 aliphatic heterocycles. The summed E-state index contributed by atoms with van der Waals surface area (Å²) < 4.78 is 18.3. The Morgan fingerprint density at radius 1 is 1.07 bits per heavy atom. The fraction of sp³-hybridized carbons (Fsp3) is 0.400. The number of carbonyl (C=O) groups excluding carboxylic acids is 1. The maximum Gasteiger partial charge on any atom is 0.287 e. The van der Waals surface area contributed by atoms with Crippen LogP contribution in [-0.4, -0.2) is 38.5 Å². The Hall–Kier alpha value is -2.83. The Morgan fingerprint density at radius 3 is 2.48 bits per heavy atom. The molecule has 2 aromatic rings. The molecule has 0 spiro atoms. The molecule has 3 N–H and O–H groups in total. The Balaban J connectivity index is 1.62. The molecule has 146 valence electrons. The van der Waals surface area contributed by atoms with Crippen LogP contribution in [0.5, 0.6) is 0 Å². The minimum Gasteiger partial charge on any atom is -0.459 e. The third-order valence-corrected chi connectivity index (χ3v) is 4.21. The fourth-order valence-electron chi connectivity index (χ4n) is 2.66. The van der Waals surface area contributed by atoms with Crippen molar-refractivity contribution >= 4 is 11.9 Å². The summed E-state index contributed by atoms with van der Waals surface area (Å²) in [4.78, 5) is 16.1. The average Bonchev–Trinajstić information content (AvgIpc) is 3.07. The van der Waals surface area contributed by atoms with Crippen molar-refractivity contribution in [1.82, 2.24) is 16.0 Å². The van der Waals surface area contributed by atoms with Gasteiger partial charge < -0.3 is 20.4 Å². The van der Waals surface area contributed by atoms with Crippen molar-refractivity contribution < 1.29 is 13.6 Å². The van der Waals surface area contributed by atoms with Crippen LogP contribution in [0, 0.1) is 19.7 Å². The Morgan fingerprint density at radius 2 is 1.81 bits per heavy atom. The van der Waals surface area contributed by atoms with E-state index in [1.165, 1.54) is 12.3 Å². The molecule has 0 unspecified atom stereocenters. The zero-order valence-electron chi connectivity index (χ0n) is 16.1. The van der Waals surface area contributed by atoms with Crippen molar-refractivity contribution in [2.75, 3.05) is 26.7 Å². The summed E-state index contributed by atoms with van der Waals surface area (Å²) in [5.74, 6) is 0.644. The van der Waals surface area contributed by atoms with Gasteiger partial charge >= 0.3 is 0 Å². The van der Waals surface area contributed by atoms with E-state index >= 15 is 0 Å². The summed E-state index contributed by atoms with van der Waals surface area (Å²) in [5.41, 5.74) is 2.88. The van der Waals surface area contributed by atoms with E-state index in [-0.39, 0.29) is 11.7 Å². The second-order valence-electron chi connectivity index (χ2n) is 6.29. The third-order valence-electron chi connectivity index (χ3n) is 4.21. The van der Waals surface area contributed by atoms with Crippen molar-refractivity contribution in [2.45, 2.75) is 26.7 Å². The van der Waals surface area contributed by atoms with Crippen molar-refractivity contribution in [3.8, 4) is 0 Å². The molecule has 0 fully saturated rings. The van der Waals surface area contributed by atoms with Crippen LogP contribution in [0.15, 0.2) is 39.9 Å².